The molecule has 0 unspecified atom stereocenters. The minimum absolute atomic E-state index is 0.0616. The number of nitrogens with zero attached hydrogens (tertiary/aromatic N) is 2. The summed E-state index contributed by atoms with van der Waals surface area (Å²) in [5, 5.41) is 10.9. The zero-order valence-electron chi connectivity index (χ0n) is 14.7. The molecule has 1 fully saturated rings. The van der Waals surface area contributed by atoms with E-state index in [4.69, 9.17) is 0 Å². The molecule has 2 aromatic rings. The Balaban J connectivity index is 1.92. The third-order valence-corrected chi connectivity index (χ3v) is 4.81. The van der Waals surface area contributed by atoms with Crippen molar-refractivity contribution < 1.29 is 9.72 Å². The molecule has 0 amide bonds. The van der Waals surface area contributed by atoms with Gasteiger partial charge >= 0.3 is 0 Å². The molecule has 0 aromatic heterocycles. The quantitative estimate of drug-likeness (QED) is 0.475. The second-order valence-electron chi connectivity index (χ2n) is 7.45. The molecule has 1 heterocycles. The molecule has 3 rings (SSSR count). The molecule has 2 aromatic carbocycles. The number of nitro benzene ring substituents is 1. The van der Waals surface area contributed by atoms with E-state index in [9.17, 15) is 14.9 Å². The van der Waals surface area contributed by atoms with Crippen molar-refractivity contribution in [1.82, 2.24) is 4.90 Å². The third-order valence-electron chi connectivity index (χ3n) is 4.81. The Bertz CT molecular complexity index is 779. The highest BCUT2D eigenvalue weighted by atomic mass is 16.6. The van der Waals surface area contributed by atoms with Crippen LogP contribution >= 0.6 is 0 Å². The van der Waals surface area contributed by atoms with E-state index in [1.165, 1.54) is 12.1 Å². The number of Topliss-reactive ketones (excluding diaryl/α,β-unsaturated/α-hetero) is 1. The highest BCUT2D eigenvalue weighted by molar-refractivity contribution is 5.99. The molecule has 1 aliphatic heterocycles. The van der Waals surface area contributed by atoms with E-state index in [1.807, 2.05) is 30.3 Å². The van der Waals surface area contributed by atoms with E-state index in [1.54, 1.807) is 12.1 Å². The largest absolute Gasteiger partial charge is 0.294 e. The topological polar surface area (TPSA) is 63.5 Å². The summed E-state index contributed by atoms with van der Waals surface area (Å²) in [7, 11) is 0. The lowest BCUT2D eigenvalue weighted by molar-refractivity contribution is -0.384. The highest BCUT2D eigenvalue weighted by Crippen LogP contribution is 2.45. The van der Waals surface area contributed by atoms with Crippen LogP contribution in [0.15, 0.2) is 54.6 Å². The van der Waals surface area contributed by atoms with Gasteiger partial charge < -0.3 is 0 Å². The zero-order chi connectivity index (χ0) is 18.2. The van der Waals surface area contributed by atoms with Gasteiger partial charge in [0, 0.05) is 35.8 Å². The van der Waals surface area contributed by atoms with E-state index in [0.29, 0.717) is 12.1 Å². The van der Waals surface area contributed by atoms with Crippen LogP contribution in [0.1, 0.15) is 42.7 Å². The second-order valence-corrected chi connectivity index (χ2v) is 7.45. The van der Waals surface area contributed by atoms with Crippen molar-refractivity contribution >= 4 is 11.5 Å². The summed E-state index contributed by atoms with van der Waals surface area (Å²) in [6.07, 6.45) is 0. The Morgan fingerprint density at radius 3 is 2.20 bits per heavy atom. The van der Waals surface area contributed by atoms with Gasteiger partial charge in [-0.1, -0.05) is 42.5 Å². The number of rotatable bonds is 4. The first kappa shape index (κ1) is 17.3. The van der Waals surface area contributed by atoms with Crippen molar-refractivity contribution in [2.75, 3.05) is 6.54 Å². The molecule has 0 saturated carbocycles. The smallest absolute Gasteiger partial charge is 0.269 e. The summed E-state index contributed by atoms with van der Waals surface area (Å²) in [6.45, 7) is 7.05. The lowest BCUT2D eigenvalue weighted by atomic mass is 9.75. The van der Waals surface area contributed by atoms with Gasteiger partial charge in [-0.3, -0.25) is 19.8 Å². The highest BCUT2D eigenvalue weighted by Gasteiger charge is 2.48. The summed E-state index contributed by atoms with van der Waals surface area (Å²) in [5.74, 6) is -0.00691. The first-order valence-corrected chi connectivity index (χ1v) is 8.39. The van der Waals surface area contributed by atoms with E-state index in [-0.39, 0.29) is 29.0 Å². The SMILES string of the molecule is CC(C)(C)N1C[C@H](C(=O)c2ccccc2)[C@@H]1c1ccc([N+](=O)[O-])cc1. The minimum atomic E-state index is -0.404. The fourth-order valence-corrected chi connectivity index (χ4v) is 3.44. The van der Waals surface area contributed by atoms with Crippen molar-refractivity contribution in [1.29, 1.82) is 0 Å². The van der Waals surface area contributed by atoms with E-state index in [2.05, 4.69) is 25.7 Å². The summed E-state index contributed by atoms with van der Waals surface area (Å²) >= 11 is 0. The van der Waals surface area contributed by atoms with Crippen molar-refractivity contribution in [3.63, 3.8) is 0 Å². The van der Waals surface area contributed by atoms with Crippen molar-refractivity contribution in [3.8, 4) is 0 Å². The number of likely N-dealkylation sites (tertiary alicyclic amines) is 1. The van der Waals surface area contributed by atoms with Crippen molar-refractivity contribution in [2.45, 2.75) is 32.4 Å². The molecule has 1 saturated heterocycles. The van der Waals surface area contributed by atoms with Crippen LogP contribution in [-0.2, 0) is 0 Å². The lowest BCUT2D eigenvalue weighted by Crippen LogP contribution is -2.60. The van der Waals surface area contributed by atoms with Crippen LogP contribution < -0.4 is 0 Å². The maximum Gasteiger partial charge on any atom is 0.269 e. The molecule has 5 heteroatoms. The summed E-state index contributed by atoms with van der Waals surface area (Å²) in [4.78, 5) is 25.7. The number of nitro groups is 1. The van der Waals surface area contributed by atoms with Crippen LogP contribution in [0.3, 0.4) is 0 Å². The molecule has 2 atom stereocenters. The Labute approximate surface area is 147 Å². The number of hydrogen-bond acceptors (Lipinski definition) is 4. The fourth-order valence-electron chi connectivity index (χ4n) is 3.44. The summed E-state index contributed by atoms with van der Waals surface area (Å²) in [5.41, 5.74) is 1.64. The van der Waals surface area contributed by atoms with Crippen molar-refractivity contribution in [3.05, 3.63) is 75.8 Å². The number of ketones is 1. The number of carbonyl (C=O) groups excluding carboxylic acids is 1. The number of hydrogen-bond donors (Lipinski definition) is 0. The lowest BCUT2D eigenvalue weighted by Gasteiger charge is -2.54. The van der Waals surface area contributed by atoms with E-state index < -0.39 is 4.92 Å². The molecule has 0 spiro atoms. The molecule has 130 valence electrons. The molecule has 1 aliphatic rings. The molecular formula is C20H22N2O3. The Hall–Kier alpha value is -2.53. The average Bonchev–Trinajstić information content (AvgIpc) is 2.54. The number of benzene rings is 2. The predicted octanol–water partition coefficient (Wildman–Crippen LogP) is 4.25. The van der Waals surface area contributed by atoms with E-state index >= 15 is 0 Å². The van der Waals surface area contributed by atoms with Crippen LogP contribution in [-0.4, -0.2) is 27.7 Å². The van der Waals surface area contributed by atoms with Gasteiger partial charge in [0.25, 0.3) is 5.69 Å². The van der Waals surface area contributed by atoms with Crippen LogP contribution in [0.25, 0.3) is 0 Å². The van der Waals surface area contributed by atoms with Crippen LogP contribution in [0, 0.1) is 16.0 Å². The Kier molecular flexibility index (Phi) is 4.43. The molecule has 5 nitrogen and oxygen atoms in total. The first-order chi connectivity index (χ1) is 11.8. The monoisotopic (exact) mass is 338 g/mol. The van der Waals surface area contributed by atoms with Crippen molar-refractivity contribution in [2.24, 2.45) is 5.92 Å². The standard InChI is InChI=1S/C20H22N2O3/c1-20(2,3)21-13-17(19(23)15-7-5-4-6-8-15)18(21)14-9-11-16(12-10-14)22(24)25/h4-12,17-18H,13H2,1-3H3/t17-,18-/m0/s1. The second kappa shape index (κ2) is 6.41. The maximum atomic E-state index is 12.9. The maximum absolute atomic E-state index is 12.9. The first-order valence-electron chi connectivity index (χ1n) is 8.39. The van der Waals surface area contributed by atoms with Gasteiger partial charge in [0.05, 0.1) is 10.8 Å². The van der Waals surface area contributed by atoms with E-state index in [0.717, 1.165) is 5.56 Å². The van der Waals surface area contributed by atoms with Gasteiger partial charge in [-0.25, -0.2) is 0 Å². The van der Waals surface area contributed by atoms with Gasteiger partial charge in [0.15, 0.2) is 5.78 Å². The Morgan fingerprint density at radius 1 is 1.08 bits per heavy atom. The third kappa shape index (κ3) is 3.33. The van der Waals surface area contributed by atoms with Crippen LogP contribution in [0.2, 0.25) is 0 Å². The molecule has 0 aliphatic carbocycles. The number of carbonyl (C=O) groups is 1. The summed E-state index contributed by atoms with van der Waals surface area (Å²) < 4.78 is 0. The average molecular weight is 338 g/mol. The normalized spacial score (nSPS) is 20.8. The van der Waals surface area contributed by atoms with Gasteiger partial charge in [-0.2, -0.15) is 0 Å². The molecule has 0 bridgehead atoms. The fraction of sp³-hybridized carbons (Fsp3) is 0.350. The zero-order valence-corrected chi connectivity index (χ0v) is 14.7. The molecule has 25 heavy (non-hydrogen) atoms. The molecule has 0 radical (unpaired) electrons. The molecule has 0 N–H and O–H groups in total. The summed E-state index contributed by atoms with van der Waals surface area (Å²) in [6, 6.07) is 15.8. The predicted molar refractivity (Wildman–Crippen MR) is 96.6 cm³/mol. The minimum Gasteiger partial charge on any atom is -0.294 e. The van der Waals surface area contributed by atoms with Gasteiger partial charge in [0.1, 0.15) is 0 Å². The van der Waals surface area contributed by atoms with Gasteiger partial charge in [-0.15, -0.1) is 0 Å². The molecular weight excluding hydrogens is 316 g/mol. The van der Waals surface area contributed by atoms with Crippen LogP contribution in [0.5, 0.6) is 0 Å². The Morgan fingerprint density at radius 2 is 1.68 bits per heavy atom. The number of non-ortho nitro benzene ring substituents is 1. The van der Waals surface area contributed by atoms with Gasteiger partial charge in [-0.05, 0) is 26.3 Å². The van der Waals surface area contributed by atoms with Crippen LogP contribution in [0.4, 0.5) is 5.69 Å². The van der Waals surface area contributed by atoms with Gasteiger partial charge in [0.2, 0.25) is 0 Å².